The zero-order chi connectivity index (χ0) is 19.4. The third kappa shape index (κ3) is 4.72. The molecule has 7 nitrogen and oxygen atoms in total. The van der Waals surface area contributed by atoms with Crippen molar-refractivity contribution in [1.29, 1.82) is 0 Å². The minimum atomic E-state index is -0.334. The number of carbonyl (C=O) groups is 1. The van der Waals surface area contributed by atoms with Gasteiger partial charge in [0.1, 0.15) is 0 Å². The Kier molecular flexibility index (Phi) is 5.88. The van der Waals surface area contributed by atoms with Gasteiger partial charge in [0, 0.05) is 61.6 Å². The van der Waals surface area contributed by atoms with E-state index in [-0.39, 0.29) is 11.6 Å². The summed E-state index contributed by atoms with van der Waals surface area (Å²) in [6, 6.07) is 4.12. The van der Waals surface area contributed by atoms with E-state index in [9.17, 15) is 9.59 Å². The Hall–Kier alpha value is -2.70. The average molecular weight is 369 g/mol. The molecule has 1 saturated heterocycles. The van der Waals surface area contributed by atoms with Gasteiger partial charge in [-0.2, -0.15) is 4.98 Å². The summed E-state index contributed by atoms with van der Waals surface area (Å²) in [4.78, 5) is 39.3. The van der Waals surface area contributed by atoms with E-state index in [1.807, 2.05) is 37.9 Å². The Bertz CT molecular complexity index is 851. The van der Waals surface area contributed by atoms with Crippen molar-refractivity contribution in [3.8, 4) is 0 Å². The lowest BCUT2D eigenvalue weighted by atomic mass is 10.1. The summed E-state index contributed by atoms with van der Waals surface area (Å²) >= 11 is 0. The highest BCUT2D eigenvalue weighted by atomic mass is 16.2. The van der Waals surface area contributed by atoms with Gasteiger partial charge >= 0.3 is 5.69 Å². The standard InChI is InChI=1S/C20H27N5O2/c1-14-13-17(7-8-21-14)24-9-4-10-25(12-11-24)19(26)6-5-18-15(2)22-20(27)23-16(18)3/h7-8,13H,4-6,9-12H2,1-3H3,(H,22,23,27). The lowest BCUT2D eigenvalue weighted by Crippen LogP contribution is -2.35. The first-order valence-corrected chi connectivity index (χ1v) is 9.46. The Morgan fingerprint density at radius 1 is 1.19 bits per heavy atom. The van der Waals surface area contributed by atoms with E-state index in [0.717, 1.165) is 49.6 Å². The number of amides is 1. The highest BCUT2D eigenvalue weighted by molar-refractivity contribution is 5.76. The number of hydrogen-bond acceptors (Lipinski definition) is 5. The van der Waals surface area contributed by atoms with Crippen LogP contribution in [0.4, 0.5) is 5.69 Å². The third-order valence-electron chi connectivity index (χ3n) is 5.14. The number of H-pyrrole nitrogens is 1. The van der Waals surface area contributed by atoms with E-state index >= 15 is 0 Å². The second-order valence-electron chi connectivity index (χ2n) is 7.11. The van der Waals surface area contributed by atoms with Crippen LogP contribution in [0.5, 0.6) is 0 Å². The maximum absolute atomic E-state index is 12.7. The summed E-state index contributed by atoms with van der Waals surface area (Å²) in [5.74, 6) is 0.160. The van der Waals surface area contributed by atoms with Crippen LogP contribution < -0.4 is 10.6 Å². The first-order valence-electron chi connectivity index (χ1n) is 9.46. The first-order chi connectivity index (χ1) is 12.9. The summed E-state index contributed by atoms with van der Waals surface area (Å²) in [6.45, 7) is 8.94. The van der Waals surface area contributed by atoms with Gasteiger partial charge in [-0.1, -0.05) is 0 Å². The number of rotatable bonds is 4. The molecule has 1 aliphatic heterocycles. The first kappa shape index (κ1) is 19.1. The van der Waals surface area contributed by atoms with Gasteiger partial charge in [-0.15, -0.1) is 0 Å². The highest BCUT2D eigenvalue weighted by Gasteiger charge is 2.20. The molecule has 0 aromatic carbocycles. The van der Waals surface area contributed by atoms with E-state index in [0.29, 0.717) is 18.5 Å². The number of hydrogen-bond donors (Lipinski definition) is 1. The number of aromatic amines is 1. The smallest absolute Gasteiger partial charge is 0.345 e. The molecule has 0 unspecified atom stereocenters. The van der Waals surface area contributed by atoms with E-state index in [4.69, 9.17) is 0 Å². The molecule has 0 saturated carbocycles. The van der Waals surface area contributed by atoms with Gasteiger partial charge in [-0.25, -0.2) is 4.79 Å². The fourth-order valence-corrected chi connectivity index (χ4v) is 3.67. The zero-order valence-corrected chi connectivity index (χ0v) is 16.3. The topological polar surface area (TPSA) is 82.2 Å². The van der Waals surface area contributed by atoms with Gasteiger partial charge in [-0.05, 0) is 51.3 Å². The molecule has 3 rings (SSSR count). The summed E-state index contributed by atoms with van der Waals surface area (Å²) in [6.07, 6.45) is 3.82. The van der Waals surface area contributed by atoms with Crippen LogP contribution in [0.2, 0.25) is 0 Å². The van der Waals surface area contributed by atoms with Gasteiger partial charge < -0.3 is 14.8 Å². The lowest BCUT2D eigenvalue weighted by molar-refractivity contribution is -0.130. The molecule has 1 amide bonds. The Morgan fingerprint density at radius 2 is 2.00 bits per heavy atom. The monoisotopic (exact) mass is 369 g/mol. The lowest BCUT2D eigenvalue weighted by Gasteiger charge is -2.24. The van der Waals surface area contributed by atoms with Gasteiger partial charge in [0.2, 0.25) is 5.91 Å². The van der Waals surface area contributed by atoms with Gasteiger partial charge in [0.05, 0.1) is 0 Å². The quantitative estimate of drug-likeness (QED) is 0.888. The molecule has 1 N–H and O–H groups in total. The number of nitrogens with one attached hydrogen (secondary N) is 1. The number of carbonyl (C=O) groups excluding carboxylic acids is 1. The molecule has 27 heavy (non-hydrogen) atoms. The SMILES string of the molecule is Cc1cc(N2CCCN(C(=O)CCc3c(C)nc(=O)[nH]c3C)CC2)ccn1. The number of anilines is 1. The number of nitrogens with zero attached hydrogens (tertiary/aromatic N) is 4. The fourth-order valence-electron chi connectivity index (χ4n) is 3.67. The van der Waals surface area contributed by atoms with Crippen molar-refractivity contribution >= 4 is 11.6 Å². The van der Waals surface area contributed by atoms with Crippen molar-refractivity contribution in [2.75, 3.05) is 31.1 Å². The summed E-state index contributed by atoms with van der Waals surface area (Å²) < 4.78 is 0. The molecule has 0 radical (unpaired) electrons. The van der Waals surface area contributed by atoms with Crippen LogP contribution in [-0.2, 0) is 11.2 Å². The fraction of sp³-hybridized carbons (Fsp3) is 0.500. The Morgan fingerprint density at radius 3 is 2.74 bits per heavy atom. The van der Waals surface area contributed by atoms with E-state index in [2.05, 4.69) is 25.9 Å². The van der Waals surface area contributed by atoms with Crippen LogP contribution in [0.25, 0.3) is 0 Å². The molecule has 7 heteroatoms. The van der Waals surface area contributed by atoms with E-state index < -0.39 is 0 Å². The molecular formula is C20H27N5O2. The van der Waals surface area contributed by atoms with Crippen molar-refractivity contribution in [1.82, 2.24) is 19.9 Å². The highest BCUT2D eigenvalue weighted by Crippen LogP contribution is 2.17. The number of aromatic nitrogens is 3. The summed E-state index contributed by atoms with van der Waals surface area (Å²) in [5, 5.41) is 0. The third-order valence-corrected chi connectivity index (χ3v) is 5.14. The predicted molar refractivity (Wildman–Crippen MR) is 105 cm³/mol. The van der Waals surface area contributed by atoms with Gasteiger partial charge in [0.15, 0.2) is 0 Å². The normalized spacial score (nSPS) is 14.9. The predicted octanol–water partition coefficient (Wildman–Crippen LogP) is 1.76. The van der Waals surface area contributed by atoms with Crippen molar-refractivity contribution in [3.05, 3.63) is 51.5 Å². The van der Waals surface area contributed by atoms with Gasteiger partial charge in [-0.3, -0.25) is 9.78 Å². The molecule has 2 aromatic rings. The molecule has 0 aliphatic carbocycles. The summed E-state index contributed by atoms with van der Waals surface area (Å²) in [5.41, 5.74) is 4.31. The second-order valence-corrected chi connectivity index (χ2v) is 7.11. The van der Waals surface area contributed by atoms with Crippen LogP contribution >= 0.6 is 0 Å². The Labute approximate surface area is 159 Å². The maximum atomic E-state index is 12.7. The second kappa shape index (κ2) is 8.33. The molecular weight excluding hydrogens is 342 g/mol. The zero-order valence-electron chi connectivity index (χ0n) is 16.3. The number of aryl methyl sites for hydroxylation is 3. The van der Waals surface area contributed by atoms with Crippen molar-refractivity contribution in [2.45, 2.75) is 40.0 Å². The van der Waals surface area contributed by atoms with Crippen LogP contribution in [-0.4, -0.2) is 51.9 Å². The molecule has 0 atom stereocenters. The Balaban J connectivity index is 1.59. The van der Waals surface area contributed by atoms with Crippen molar-refractivity contribution in [2.24, 2.45) is 0 Å². The van der Waals surface area contributed by atoms with Crippen LogP contribution in [0.1, 0.15) is 35.5 Å². The molecule has 0 bridgehead atoms. The molecule has 1 fully saturated rings. The molecule has 144 valence electrons. The molecule has 1 aliphatic rings. The van der Waals surface area contributed by atoms with Gasteiger partial charge in [0.25, 0.3) is 0 Å². The van der Waals surface area contributed by atoms with Crippen LogP contribution in [0.15, 0.2) is 23.1 Å². The molecule has 2 aromatic heterocycles. The molecule has 0 spiro atoms. The maximum Gasteiger partial charge on any atom is 0.345 e. The average Bonchev–Trinajstić information content (AvgIpc) is 2.87. The largest absolute Gasteiger partial charge is 0.370 e. The minimum Gasteiger partial charge on any atom is -0.370 e. The molecule has 3 heterocycles. The van der Waals surface area contributed by atoms with Crippen molar-refractivity contribution < 1.29 is 4.79 Å². The minimum absolute atomic E-state index is 0.160. The van der Waals surface area contributed by atoms with Crippen LogP contribution in [0, 0.1) is 20.8 Å². The van der Waals surface area contributed by atoms with Crippen molar-refractivity contribution in [3.63, 3.8) is 0 Å². The van der Waals surface area contributed by atoms with E-state index in [1.165, 1.54) is 5.69 Å². The summed E-state index contributed by atoms with van der Waals surface area (Å²) in [7, 11) is 0. The van der Waals surface area contributed by atoms with E-state index in [1.54, 1.807) is 0 Å². The number of pyridine rings is 1. The van der Waals surface area contributed by atoms with Crippen LogP contribution in [0.3, 0.4) is 0 Å².